The highest BCUT2D eigenvalue weighted by molar-refractivity contribution is 5.82. The normalized spacial score (nSPS) is 15.0. The summed E-state index contributed by atoms with van der Waals surface area (Å²) < 4.78 is 0. The first-order valence-corrected chi connectivity index (χ1v) is 16.6. The third-order valence-corrected chi connectivity index (χ3v) is 9.06. The number of fused-ring (bicyclic) bond motifs is 1. The van der Waals surface area contributed by atoms with Gasteiger partial charge in [0.1, 0.15) is 0 Å². The summed E-state index contributed by atoms with van der Waals surface area (Å²) in [4.78, 5) is 9.79. The first kappa shape index (κ1) is 30.8. The first-order valence-electron chi connectivity index (χ1n) is 16.6. The summed E-state index contributed by atoms with van der Waals surface area (Å²) >= 11 is 0. The predicted molar refractivity (Wildman–Crippen MR) is 202 cm³/mol. The SMILES string of the molecule is Cc1ccccc1-c1nc(/C=c2\cccc\c2=C(\c2ccccc2)c2ccc(-c3cccnc3)cc2)c2c(c1C)C/C=C\C=C/CC=C2. The van der Waals surface area contributed by atoms with Crippen molar-refractivity contribution in [2.24, 2.45) is 0 Å². The van der Waals surface area contributed by atoms with Crippen molar-refractivity contribution < 1.29 is 0 Å². The summed E-state index contributed by atoms with van der Waals surface area (Å²) in [5, 5.41) is 2.29. The van der Waals surface area contributed by atoms with Gasteiger partial charge in [-0.15, -0.1) is 0 Å². The minimum absolute atomic E-state index is 0.838. The van der Waals surface area contributed by atoms with E-state index in [1.807, 2.05) is 18.5 Å². The van der Waals surface area contributed by atoms with E-state index in [9.17, 15) is 0 Å². The fourth-order valence-electron chi connectivity index (χ4n) is 6.55. The van der Waals surface area contributed by atoms with Crippen molar-refractivity contribution in [1.82, 2.24) is 9.97 Å². The van der Waals surface area contributed by atoms with Crippen molar-refractivity contribution >= 4 is 17.7 Å². The second kappa shape index (κ2) is 14.3. The van der Waals surface area contributed by atoms with Gasteiger partial charge in [0.15, 0.2) is 0 Å². The van der Waals surface area contributed by atoms with Gasteiger partial charge in [-0.1, -0.05) is 146 Å². The van der Waals surface area contributed by atoms with Gasteiger partial charge in [0, 0.05) is 23.5 Å². The second-order valence-corrected chi connectivity index (χ2v) is 12.2. The van der Waals surface area contributed by atoms with Gasteiger partial charge in [-0.05, 0) is 93.8 Å². The van der Waals surface area contributed by atoms with Crippen LogP contribution in [-0.4, -0.2) is 9.97 Å². The topological polar surface area (TPSA) is 25.8 Å². The molecule has 0 bridgehead atoms. The van der Waals surface area contributed by atoms with E-state index in [4.69, 9.17) is 4.98 Å². The van der Waals surface area contributed by atoms with Crippen LogP contribution < -0.4 is 10.4 Å². The Hall–Kier alpha value is -5.86. The van der Waals surface area contributed by atoms with Crippen LogP contribution in [0.4, 0.5) is 0 Å². The molecular formula is C46H38N2. The number of allylic oxidation sites excluding steroid dienone is 5. The number of benzene rings is 4. The van der Waals surface area contributed by atoms with Gasteiger partial charge in [0.25, 0.3) is 0 Å². The van der Waals surface area contributed by atoms with Crippen LogP contribution in [0.3, 0.4) is 0 Å². The molecule has 1 aliphatic carbocycles. The average molecular weight is 619 g/mol. The zero-order valence-corrected chi connectivity index (χ0v) is 27.5. The van der Waals surface area contributed by atoms with Crippen molar-refractivity contribution in [3.8, 4) is 22.4 Å². The molecule has 48 heavy (non-hydrogen) atoms. The monoisotopic (exact) mass is 618 g/mol. The molecule has 2 aromatic heterocycles. The van der Waals surface area contributed by atoms with Crippen LogP contribution in [-0.2, 0) is 6.42 Å². The van der Waals surface area contributed by atoms with Crippen LogP contribution in [0.2, 0.25) is 0 Å². The zero-order valence-electron chi connectivity index (χ0n) is 27.5. The molecule has 1 aliphatic rings. The summed E-state index contributed by atoms with van der Waals surface area (Å²) in [6, 6.07) is 40.9. The van der Waals surface area contributed by atoms with Gasteiger partial charge in [-0.3, -0.25) is 4.98 Å². The Morgan fingerprint density at radius 3 is 2.23 bits per heavy atom. The number of rotatable bonds is 5. The molecule has 0 amide bonds. The molecule has 0 fully saturated rings. The van der Waals surface area contributed by atoms with Crippen molar-refractivity contribution in [1.29, 1.82) is 0 Å². The molecule has 232 valence electrons. The Balaban J connectivity index is 1.51. The van der Waals surface area contributed by atoms with Crippen molar-refractivity contribution in [3.63, 3.8) is 0 Å². The van der Waals surface area contributed by atoms with Gasteiger partial charge >= 0.3 is 0 Å². The maximum Gasteiger partial charge on any atom is 0.0744 e. The fourth-order valence-corrected chi connectivity index (χ4v) is 6.55. The van der Waals surface area contributed by atoms with Gasteiger partial charge in [-0.2, -0.15) is 0 Å². The van der Waals surface area contributed by atoms with Crippen LogP contribution >= 0.6 is 0 Å². The van der Waals surface area contributed by atoms with E-state index < -0.39 is 0 Å². The molecule has 4 aromatic carbocycles. The molecule has 2 heterocycles. The molecular weight excluding hydrogens is 581 g/mol. The lowest BCUT2D eigenvalue weighted by Crippen LogP contribution is -2.28. The lowest BCUT2D eigenvalue weighted by Gasteiger charge is -2.18. The highest BCUT2D eigenvalue weighted by Gasteiger charge is 2.17. The standard InChI is InChI=1S/C46H38N2/c1-33-17-12-14-22-40(33)46-34(2)41-23-10-5-3-4-6-11-25-43(41)44(48-46)31-38-20-13-15-24-42(38)45(36-18-8-7-9-19-36)37-28-26-35(27-29-37)39-21-16-30-47-32-39/h3-5,7-22,24-32H,6,23H2,1-2H3/b4-3-,10-5-,25-11?,38-31+,45-42+. The maximum atomic E-state index is 5.47. The summed E-state index contributed by atoms with van der Waals surface area (Å²) in [5.74, 6) is 0. The highest BCUT2D eigenvalue weighted by Crippen LogP contribution is 2.32. The molecule has 0 atom stereocenters. The number of pyridine rings is 2. The Morgan fingerprint density at radius 2 is 1.42 bits per heavy atom. The van der Waals surface area contributed by atoms with Crippen LogP contribution in [0, 0.1) is 13.8 Å². The molecule has 0 aliphatic heterocycles. The van der Waals surface area contributed by atoms with E-state index in [0.29, 0.717) is 0 Å². The molecule has 0 saturated heterocycles. The molecule has 0 spiro atoms. The van der Waals surface area contributed by atoms with Crippen LogP contribution in [0.15, 0.2) is 158 Å². The average Bonchev–Trinajstić information content (AvgIpc) is 3.14. The smallest absolute Gasteiger partial charge is 0.0744 e. The van der Waals surface area contributed by atoms with Crippen molar-refractivity contribution in [3.05, 3.63) is 208 Å². The van der Waals surface area contributed by atoms with Gasteiger partial charge in [0.2, 0.25) is 0 Å². The fraction of sp³-hybridized carbons (Fsp3) is 0.0870. The van der Waals surface area contributed by atoms with E-state index in [-0.39, 0.29) is 0 Å². The molecule has 7 rings (SSSR count). The Morgan fingerprint density at radius 1 is 0.667 bits per heavy atom. The van der Waals surface area contributed by atoms with Crippen LogP contribution in [0.25, 0.3) is 40.1 Å². The third-order valence-electron chi connectivity index (χ3n) is 9.06. The minimum Gasteiger partial charge on any atom is -0.264 e. The van der Waals surface area contributed by atoms with Gasteiger partial charge in [-0.25, -0.2) is 4.98 Å². The molecule has 2 nitrogen and oxygen atoms in total. The largest absolute Gasteiger partial charge is 0.264 e. The van der Waals surface area contributed by atoms with E-state index in [1.165, 1.54) is 39.0 Å². The Bertz CT molecular complexity index is 2270. The van der Waals surface area contributed by atoms with Crippen LogP contribution in [0.5, 0.6) is 0 Å². The summed E-state index contributed by atoms with van der Waals surface area (Å²) in [5.41, 5.74) is 13.9. The lowest BCUT2D eigenvalue weighted by molar-refractivity contribution is 1.13. The van der Waals surface area contributed by atoms with Crippen LogP contribution in [0.1, 0.15) is 45.5 Å². The summed E-state index contributed by atoms with van der Waals surface area (Å²) in [6.45, 7) is 4.40. The van der Waals surface area contributed by atoms with Crippen molar-refractivity contribution in [2.75, 3.05) is 0 Å². The Labute approximate surface area is 283 Å². The van der Waals surface area contributed by atoms with E-state index in [0.717, 1.165) is 51.4 Å². The Kier molecular flexibility index (Phi) is 9.15. The van der Waals surface area contributed by atoms with E-state index in [2.05, 4.69) is 171 Å². The predicted octanol–water partition coefficient (Wildman–Crippen LogP) is 9.58. The summed E-state index contributed by atoms with van der Waals surface area (Å²) in [6.07, 6.45) is 21.0. The number of hydrogen-bond donors (Lipinski definition) is 0. The summed E-state index contributed by atoms with van der Waals surface area (Å²) in [7, 11) is 0. The number of aryl methyl sites for hydroxylation is 1. The lowest BCUT2D eigenvalue weighted by atomic mass is 9.91. The van der Waals surface area contributed by atoms with Gasteiger partial charge in [0.05, 0.1) is 11.4 Å². The molecule has 6 aromatic rings. The maximum absolute atomic E-state index is 5.47. The third kappa shape index (κ3) is 6.52. The molecule has 0 radical (unpaired) electrons. The molecule has 2 heteroatoms. The molecule has 0 unspecified atom stereocenters. The number of nitrogens with zero attached hydrogens (tertiary/aromatic N) is 2. The van der Waals surface area contributed by atoms with Gasteiger partial charge < -0.3 is 0 Å². The number of hydrogen-bond acceptors (Lipinski definition) is 2. The first-order chi connectivity index (χ1) is 23.7. The molecule has 0 saturated carbocycles. The van der Waals surface area contributed by atoms with Crippen molar-refractivity contribution in [2.45, 2.75) is 26.7 Å². The second-order valence-electron chi connectivity index (χ2n) is 12.2. The zero-order chi connectivity index (χ0) is 32.7. The van der Waals surface area contributed by atoms with E-state index >= 15 is 0 Å². The minimum atomic E-state index is 0.838. The quantitative estimate of drug-likeness (QED) is 0.192. The van der Waals surface area contributed by atoms with E-state index in [1.54, 1.807) is 0 Å². The number of aromatic nitrogens is 2. The highest BCUT2D eigenvalue weighted by atomic mass is 14.7. The molecule has 0 N–H and O–H groups in total.